The molecule has 0 amide bonds. The summed E-state index contributed by atoms with van der Waals surface area (Å²) in [7, 11) is -1.86. The van der Waals surface area contributed by atoms with E-state index in [-0.39, 0.29) is 30.1 Å². The molecule has 1 aliphatic heterocycles. The Morgan fingerprint density at radius 1 is 1.29 bits per heavy atom. The molecule has 34 heavy (non-hydrogen) atoms. The number of aliphatic hydroxyl groups is 1. The Morgan fingerprint density at radius 3 is 2.71 bits per heavy atom. The second kappa shape index (κ2) is 10.4. The fraction of sp³-hybridized carbons (Fsp3) is 0.520. The Hall–Kier alpha value is -2.51. The van der Waals surface area contributed by atoms with Gasteiger partial charge in [-0.15, -0.1) is 0 Å². The van der Waals surface area contributed by atoms with Gasteiger partial charge in [0.15, 0.2) is 0 Å². The predicted octanol–water partition coefficient (Wildman–Crippen LogP) is 2.14. The Morgan fingerprint density at radius 2 is 2.03 bits per heavy atom. The highest BCUT2D eigenvalue weighted by atomic mass is 32.2. The minimum absolute atomic E-state index is 0.112. The molecule has 1 aromatic heterocycles. The molecule has 0 saturated heterocycles. The van der Waals surface area contributed by atoms with Gasteiger partial charge in [0.05, 0.1) is 6.61 Å². The van der Waals surface area contributed by atoms with Gasteiger partial charge in [0.2, 0.25) is 10.0 Å². The molecule has 0 unspecified atom stereocenters. The van der Waals surface area contributed by atoms with E-state index < -0.39 is 16.1 Å². The first-order valence-electron chi connectivity index (χ1n) is 11.6. The lowest BCUT2D eigenvalue weighted by molar-refractivity contribution is 0.0733. The van der Waals surface area contributed by atoms with E-state index >= 15 is 0 Å². The van der Waals surface area contributed by atoms with E-state index in [1.165, 1.54) is 10.6 Å². The fourth-order valence-corrected chi connectivity index (χ4v) is 5.86. The maximum atomic E-state index is 13.6. The number of nitrogens with zero attached hydrogens (tertiary/aromatic N) is 4. The van der Waals surface area contributed by atoms with Crippen molar-refractivity contribution in [3.05, 3.63) is 48.0 Å². The molecule has 4 rings (SSSR count). The van der Waals surface area contributed by atoms with Gasteiger partial charge in [-0.25, -0.2) is 18.4 Å². The summed E-state index contributed by atoms with van der Waals surface area (Å²) in [6.07, 6.45) is 7.03. The third-order valence-corrected chi connectivity index (χ3v) is 8.24. The van der Waals surface area contributed by atoms with Crippen molar-refractivity contribution in [3.8, 4) is 17.6 Å². The van der Waals surface area contributed by atoms with Crippen molar-refractivity contribution >= 4 is 10.0 Å². The van der Waals surface area contributed by atoms with Crippen LogP contribution in [0.1, 0.15) is 37.8 Å². The number of hydrogen-bond acceptors (Lipinski definition) is 7. The summed E-state index contributed by atoms with van der Waals surface area (Å²) < 4.78 is 34.9. The average Bonchev–Trinajstić information content (AvgIpc) is 3.64. The number of hydrogen-bond donors (Lipinski definition) is 1. The summed E-state index contributed by atoms with van der Waals surface area (Å²) in [4.78, 5) is 10.4. The largest absolute Gasteiger partial charge is 0.487 e. The third-order valence-electron chi connectivity index (χ3n) is 6.22. The molecule has 182 valence electrons. The van der Waals surface area contributed by atoms with Gasteiger partial charge in [0, 0.05) is 61.0 Å². The summed E-state index contributed by atoms with van der Waals surface area (Å²) in [5.41, 5.74) is 1.73. The standard InChI is InChI=1S/C25H32N4O4S/c1-18-13-29(19(2)16-30)34(31,32)25-9-8-21(7-6-20-4-5-20)10-23(25)33-24(18)15-28(3)14-22-11-26-17-27-12-22/h8-12,17-20,24,30H,4-5,13-16H2,1-3H3/t18-,19-,24+/m1/s1. The molecule has 1 aromatic carbocycles. The number of aromatic nitrogens is 2. The molecule has 0 spiro atoms. The predicted molar refractivity (Wildman–Crippen MR) is 128 cm³/mol. The van der Waals surface area contributed by atoms with E-state index in [2.05, 4.69) is 26.7 Å². The number of aliphatic hydroxyl groups excluding tert-OH is 1. The molecule has 1 fully saturated rings. The summed E-state index contributed by atoms with van der Waals surface area (Å²) in [5, 5.41) is 9.79. The number of benzene rings is 1. The zero-order valence-corrected chi connectivity index (χ0v) is 20.7. The molecule has 1 saturated carbocycles. The van der Waals surface area contributed by atoms with Gasteiger partial charge in [-0.2, -0.15) is 4.31 Å². The van der Waals surface area contributed by atoms with Gasteiger partial charge in [0.25, 0.3) is 0 Å². The molecule has 0 radical (unpaired) electrons. The van der Waals surface area contributed by atoms with Crippen molar-refractivity contribution in [2.45, 2.75) is 50.3 Å². The van der Waals surface area contributed by atoms with E-state index in [9.17, 15) is 13.5 Å². The van der Waals surface area contributed by atoms with Crippen molar-refractivity contribution in [2.75, 3.05) is 26.7 Å². The van der Waals surface area contributed by atoms with E-state index in [0.717, 1.165) is 24.0 Å². The molecule has 2 aromatic rings. The average molecular weight is 485 g/mol. The van der Waals surface area contributed by atoms with Crippen LogP contribution in [-0.2, 0) is 16.6 Å². The van der Waals surface area contributed by atoms with Gasteiger partial charge in [-0.1, -0.05) is 18.8 Å². The van der Waals surface area contributed by atoms with Crippen LogP contribution in [0.2, 0.25) is 0 Å². The smallest absolute Gasteiger partial charge is 0.247 e. The van der Waals surface area contributed by atoms with Gasteiger partial charge in [0.1, 0.15) is 23.1 Å². The number of fused-ring (bicyclic) bond motifs is 1. The summed E-state index contributed by atoms with van der Waals surface area (Å²) in [6, 6.07) is 4.50. The highest BCUT2D eigenvalue weighted by Crippen LogP contribution is 2.34. The second-order valence-electron chi connectivity index (χ2n) is 9.39. The van der Waals surface area contributed by atoms with Gasteiger partial charge in [-0.3, -0.25) is 4.90 Å². The Balaban J connectivity index is 1.66. The first-order valence-corrected chi connectivity index (χ1v) is 13.1. The molecule has 0 bridgehead atoms. The highest BCUT2D eigenvalue weighted by molar-refractivity contribution is 7.89. The van der Waals surface area contributed by atoms with E-state index in [4.69, 9.17) is 4.74 Å². The summed E-state index contributed by atoms with van der Waals surface area (Å²) in [5.74, 6) is 7.02. The minimum atomic E-state index is -3.85. The molecular formula is C25H32N4O4S. The Bertz CT molecular complexity index is 1160. The van der Waals surface area contributed by atoms with Crippen LogP contribution < -0.4 is 4.74 Å². The van der Waals surface area contributed by atoms with Crippen LogP contribution in [-0.4, -0.2) is 71.6 Å². The lowest BCUT2D eigenvalue weighted by atomic mass is 10.0. The van der Waals surface area contributed by atoms with Crippen LogP contribution >= 0.6 is 0 Å². The topological polar surface area (TPSA) is 95.9 Å². The van der Waals surface area contributed by atoms with Crippen LogP contribution in [0.25, 0.3) is 0 Å². The summed E-state index contributed by atoms with van der Waals surface area (Å²) >= 11 is 0. The van der Waals surface area contributed by atoms with Gasteiger partial charge < -0.3 is 9.84 Å². The molecule has 1 N–H and O–H groups in total. The van der Waals surface area contributed by atoms with Gasteiger partial charge in [-0.05, 0) is 45.0 Å². The molecule has 2 heterocycles. The lowest BCUT2D eigenvalue weighted by Crippen LogP contribution is -2.49. The van der Waals surface area contributed by atoms with Crippen LogP contribution in [0.3, 0.4) is 0 Å². The molecule has 3 atom stereocenters. The van der Waals surface area contributed by atoms with Crippen molar-refractivity contribution in [2.24, 2.45) is 11.8 Å². The normalized spacial score (nSPS) is 23.1. The highest BCUT2D eigenvalue weighted by Gasteiger charge is 2.38. The number of likely N-dealkylation sites (N-methyl/N-ethyl adjacent to an activating group) is 1. The second-order valence-corrected chi connectivity index (χ2v) is 11.2. The molecule has 8 nitrogen and oxygen atoms in total. The number of sulfonamides is 1. The summed E-state index contributed by atoms with van der Waals surface area (Å²) in [6.45, 7) is 4.92. The van der Waals surface area contributed by atoms with Crippen LogP contribution in [0.4, 0.5) is 0 Å². The molecule has 9 heteroatoms. The molecule has 1 aliphatic carbocycles. The van der Waals surface area contributed by atoms with Crippen LogP contribution in [0.5, 0.6) is 5.75 Å². The van der Waals surface area contributed by atoms with Crippen LogP contribution in [0.15, 0.2) is 41.8 Å². The number of ether oxygens (including phenoxy) is 1. The van der Waals surface area contributed by atoms with Crippen molar-refractivity contribution in [1.82, 2.24) is 19.2 Å². The van der Waals surface area contributed by atoms with E-state index in [1.54, 1.807) is 37.5 Å². The maximum Gasteiger partial charge on any atom is 0.247 e. The lowest BCUT2D eigenvalue weighted by Gasteiger charge is -2.37. The first kappa shape index (κ1) is 24.6. The van der Waals surface area contributed by atoms with Crippen molar-refractivity contribution in [3.63, 3.8) is 0 Å². The fourth-order valence-electron chi connectivity index (χ4n) is 4.03. The number of rotatable bonds is 6. The van der Waals surface area contributed by atoms with E-state index in [1.807, 2.05) is 14.0 Å². The monoisotopic (exact) mass is 484 g/mol. The SMILES string of the molecule is C[C@@H]1CN([C@H](C)CO)S(=O)(=O)c2ccc(C#CC3CC3)cc2O[C@H]1CN(C)Cc1cncnc1. The molecular weight excluding hydrogens is 452 g/mol. The zero-order chi connectivity index (χ0) is 24.3. The third kappa shape index (κ3) is 5.76. The van der Waals surface area contributed by atoms with E-state index in [0.29, 0.717) is 24.8 Å². The Kier molecular flexibility index (Phi) is 7.53. The van der Waals surface area contributed by atoms with Crippen LogP contribution in [0, 0.1) is 23.7 Å². The maximum absolute atomic E-state index is 13.6. The van der Waals surface area contributed by atoms with Gasteiger partial charge >= 0.3 is 0 Å². The zero-order valence-electron chi connectivity index (χ0n) is 19.9. The Labute approximate surface area is 202 Å². The minimum Gasteiger partial charge on any atom is -0.487 e. The first-order chi connectivity index (χ1) is 16.3. The van der Waals surface area contributed by atoms with Crippen molar-refractivity contribution < 1.29 is 18.3 Å². The van der Waals surface area contributed by atoms with Crippen molar-refractivity contribution in [1.29, 1.82) is 0 Å². The molecule has 2 aliphatic rings. The quantitative estimate of drug-likeness (QED) is 0.628.